The zero-order valence-electron chi connectivity index (χ0n) is 9.24. The highest BCUT2D eigenvalue weighted by atomic mass is 15.3. The second kappa shape index (κ2) is 4.57. The number of aryl methyl sites for hydroxylation is 1. The van der Waals surface area contributed by atoms with Crippen LogP contribution in [0.2, 0.25) is 0 Å². The Morgan fingerprint density at radius 1 is 1.60 bits per heavy atom. The van der Waals surface area contributed by atoms with Crippen LogP contribution in [0.5, 0.6) is 0 Å². The molecule has 1 fully saturated rings. The van der Waals surface area contributed by atoms with Crippen LogP contribution >= 0.6 is 0 Å². The molecular formula is C11H18N4. The molecule has 1 N–H and O–H groups in total. The van der Waals surface area contributed by atoms with Crippen molar-refractivity contribution >= 4 is 0 Å². The summed E-state index contributed by atoms with van der Waals surface area (Å²) in [5.74, 6) is 2.61. The van der Waals surface area contributed by atoms with Gasteiger partial charge >= 0.3 is 0 Å². The maximum Gasteiger partial charge on any atom is 0.137 e. The summed E-state index contributed by atoms with van der Waals surface area (Å²) < 4.78 is 2.16. The number of rotatable bonds is 3. The molecule has 1 saturated heterocycles. The second-order valence-electron chi connectivity index (χ2n) is 4.05. The molecule has 2 heterocycles. The summed E-state index contributed by atoms with van der Waals surface area (Å²) in [5, 5.41) is 11.8. The first-order chi connectivity index (χ1) is 7.33. The first-order valence-electron chi connectivity index (χ1n) is 5.54. The monoisotopic (exact) mass is 206 g/mol. The molecular weight excluding hydrogens is 188 g/mol. The van der Waals surface area contributed by atoms with Gasteiger partial charge in [-0.3, -0.25) is 0 Å². The van der Waals surface area contributed by atoms with Crippen LogP contribution in [-0.4, -0.2) is 27.9 Å². The van der Waals surface area contributed by atoms with E-state index in [0.29, 0.717) is 5.92 Å². The topological polar surface area (TPSA) is 42.7 Å². The molecule has 4 nitrogen and oxygen atoms in total. The minimum atomic E-state index is 0.514. The first-order valence-corrected chi connectivity index (χ1v) is 5.54. The number of hydrogen-bond acceptors (Lipinski definition) is 3. The molecule has 1 aliphatic heterocycles. The van der Waals surface area contributed by atoms with Gasteiger partial charge in [0, 0.05) is 19.0 Å². The molecule has 1 aromatic heterocycles. The van der Waals surface area contributed by atoms with Crippen molar-refractivity contribution in [1.82, 2.24) is 20.1 Å². The Hall–Kier alpha value is -1.16. The van der Waals surface area contributed by atoms with Gasteiger partial charge in [0.15, 0.2) is 0 Å². The number of piperidine rings is 1. The predicted molar refractivity (Wildman–Crippen MR) is 59.8 cm³/mol. The van der Waals surface area contributed by atoms with E-state index in [-0.39, 0.29) is 0 Å². The zero-order chi connectivity index (χ0) is 10.7. The highest BCUT2D eigenvalue weighted by Crippen LogP contribution is 2.22. The van der Waals surface area contributed by atoms with Gasteiger partial charge in [0.25, 0.3) is 0 Å². The third kappa shape index (κ3) is 2.09. The third-order valence-corrected chi connectivity index (χ3v) is 2.94. The number of nitrogens with one attached hydrogen (secondary N) is 1. The molecule has 82 valence electrons. The third-order valence-electron chi connectivity index (χ3n) is 2.94. The molecule has 1 atom stereocenters. The zero-order valence-corrected chi connectivity index (χ0v) is 9.24. The van der Waals surface area contributed by atoms with E-state index in [1.165, 1.54) is 12.8 Å². The smallest absolute Gasteiger partial charge is 0.137 e. The summed E-state index contributed by atoms with van der Waals surface area (Å²) in [5.41, 5.74) is 0. The van der Waals surface area contributed by atoms with Crippen LogP contribution in [0.15, 0.2) is 12.7 Å². The summed E-state index contributed by atoms with van der Waals surface area (Å²) in [6.45, 7) is 8.73. The van der Waals surface area contributed by atoms with Crippen LogP contribution in [-0.2, 0) is 6.54 Å². The van der Waals surface area contributed by atoms with Crippen molar-refractivity contribution in [3.05, 3.63) is 24.3 Å². The lowest BCUT2D eigenvalue weighted by molar-refractivity contribution is 0.435. The maximum atomic E-state index is 4.28. The normalized spacial score (nSPS) is 21.5. The SMILES string of the molecule is C=CCn1c(C)nnc1C1CCCNC1. The second-order valence-corrected chi connectivity index (χ2v) is 4.05. The van der Waals surface area contributed by atoms with E-state index in [0.717, 1.165) is 31.3 Å². The van der Waals surface area contributed by atoms with E-state index in [1.54, 1.807) is 0 Å². The summed E-state index contributed by atoms with van der Waals surface area (Å²) in [4.78, 5) is 0. The van der Waals surface area contributed by atoms with Crippen molar-refractivity contribution < 1.29 is 0 Å². The highest BCUT2D eigenvalue weighted by Gasteiger charge is 2.21. The Morgan fingerprint density at radius 2 is 2.47 bits per heavy atom. The van der Waals surface area contributed by atoms with E-state index in [2.05, 4.69) is 26.7 Å². The number of aromatic nitrogens is 3. The number of hydrogen-bond donors (Lipinski definition) is 1. The summed E-state index contributed by atoms with van der Waals surface area (Å²) in [6.07, 6.45) is 4.34. The lowest BCUT2D eigenvalue weighted by Gasteiger charge is -2.22. The fraction of sp³-hybridized carbons (Fsp3) is 0.636. The molecule has 0 spiro atoms. The minimum Gasteiger partial charge on any atom is -0.316 e. The van der Waals surface area contributed by atoms with E-state index >= 15 is 0 Å². The average molecular weight is 206 g/mol. The summed E-state index contributed by atoms with van der Waals surface area (Å²) in [7, 11) is 0. The van der Waals surface area contributed by atoms with Gasteiger partial charge in [-0.1, -0.05) is 6.08 Å². The maximum absolute atomic E-state index is 4.28. The van der Waals surface area contributed by atoms with E-state index in [9.17, 15) is 0 Å². The van der Waals surface area contributed by atoms with E-state index in [4.69, 9.17) is 0 Å². The predicted octanol–water partition coefficient (Wildman–Crippen LogP) is 1.24. The fourth-order valence-corrected chi connectivity index (χ4v) is 2.13. The van der Waals surface area contributed by atoms with Gasteiger partial charge in [0.1, 0.15) is 11.6 Å². The highest BCUT2D eigenvalue weighted by molar-refractivity contribution is 5.04. The van der Waals surface area contributed by atoms with Crippen LogP contribution in [0, 0.1) is 6.92 Å². The number of allylic oxidation sites excluding steroid dienone is 1. The van der Waals surface area contributed by atoms with Crippen molar-refractivity contribution in [1.29, 1.82) is 0 Å². The molecule has 2 rings (SSSR count). The molecule has 0 bridgehead atoms. The Morgan fingerprint density at radius 3 is 3.13 bits per heavy atom. The lowest BCUT2D eigenvalue weighted by atomic mass is 9.99. The van der Waals surface area contributed by atoms with Crippen molar-refractivity contribution in [2.24, 2.45) is 0 Å². The molecule has 0 aromatic carbocycles. The van der Waals surface area contributed by atoms with Crippen LogP contribution in [0.25, 0.3) is 0 Å². The standard InChI is InChI=1S/C11H18N4/c1-3-7-15-9(2)13-14-11(15)10-5-4-6-12-8-10/h3,10,12H,1,4-8H2,2H3. The largest absolute Gasteiger partial charge is 0.316 e. The summed E-state index contributed by atoms with van der Waals surface area (Å²) >= 11 is 0. The van der Waals surface area contributed by atoms with Gasteiger partial charge < -0.3 is 9.88 Å². The van der Waals surface area contributed by atoms with Crippen LogP contribution in [0.1, 0.15) is 30.4 Å². The van der Waals surface area contributed by atoms with E-state index < -0.39 is 0 Å². The average Bonchev–Trinajstić information content (AvgIpc) is 2.63. The van der Waals surface area contributed by atoms with Gasteiger partial charge in [-0.2, -0.15) is 0 Å². The van der Waals surface area contributed by atoms with Crippen molar-refractivity contribution in [3.8, 4) is 0 Å². The molecule has 0 radical (unpaired) electrons. The van der Waals surface area contributed by atoms with Gasteiger partial charge in [-0.15, -0.1) is 16.8 Å². The molecule has 4 heteroatoms. The molecule has 1 unspecified atom stereocenters. The molecule has 0 amide bonds. The van der Waals surface area contributed by atoms with Crippen LogP contribution in [0.4, 0.5) is 0 Å². The van der Waals surface area contributed by atoms with Gasteiger partial charge in [-0.25, -0.2) is 0 Å². The van der Waals surface area contributed by atoms with Crippen LogP contribution in [0.3, 0.4) is 0 Å². The molecule has 0 aliphatic carbocycles. The fourth-order valence-electron chi connectivity index (χ4n) is 2.13. The Balaban J connectivity index is 2.21. The Bertz CT molecular complexity index is 336. The van der Waals surface area contributed by atoms with Crippen molar-refractivity contribution in [2.45, 2.75) is 32.2 Å². The van der Waals surface area contributed by atoms with Crippen molar-refractivity contribution in [2.75, 3.05) is 13.1 Å². The quantitative estimate of drug-likeness (QED) is 0.757. The van der Waals surface area contributed by atoms with E-state index in [1.807, 2.05) is 13.0 Å². The van der Waals surface area contributed by atoms with Gasteiger partial charge in [0.05, 0.1) is 0 Å². The molecule has 1 aliphatic rings. The Kier molecular flexibility index (Phi) is 3.16. The molecule has 0 saturated carbocycles. The number of nitrogens with zero attached hydrogens (tertiary/aromatic N) is 3. The first kappa shape index (κ1) is 10.4. The minimum absolute atomic E-state index is 0.514. The van der Waals surface area contributed by atoms with Crippen molar-refractivity contribution in [3.63, 3.8) is 0 Å². The molecule has 1 aromatic rings. The Labute approximate surface area is 90.4 Å². The van der Waals surface area contributed by atoms with Gasteiger partial charge in [0.2, 0.25) is 0 Å². The van der Waals surface area contributed by atoms with Gasteiger partial charge in [-0.05, 0) is 26.3 Å². The lowest BCUT2D eigenvalue weighted by Crippen LogP contribution is -2.30. The molecule has 15 heavy (non-hydrogen) atoms. The van der Waals surface area contributed by atoms with Crippen LogP contribution < -0.4 is 5.32 Å². The summed E-state index contributed by atoms with van der Waals surface area (Å²) in [6, 6.07) is 0.